The molecular formula is C98H200N32O15. The van der Waals surface area contributed by atoms with E-state index >= 15 is 0 Å². The standard InChI is InChI=1S/C98H200N32O15/c1-114-77(45-13-30-66-124-95(142)80(48-16-33-63-120-88(135)73(110)44-12-29-61-116-84(131)69(106)37-5-20-52-99)129-97(144)82(127-90(137)75(112)42-10-25-57-104)50-18-34-64-118-86(133)71(108)39-7-22-54-101)92(139)121-59-27-3-4-28-60-122-93(140)78(115-2)46-14-31-67-125-96(143)81(130-98(145)83(128-91(138)76(113)43-11-26-58-105)51-19-35-65-119-87(134)72(109)40-8-23-55-102)49-17-36-68-123-94(141)79(126-89(136)74(111)41-9-24-56-103)47-15-32-62-117-85(132)70(107)38-6-21-53-100/h69-83,114-115H,3-68,99-113H2,1-2H3,(H,116,131)(H,117,132)(H,118,133)(H,119,134)(H,120,135)(H,121,139)(H,122,140)(H,123,141)(H,124,142)(H,125,143)(H,126,136)(H,127,137)(H,128,138)(H,129,144)(H,130,145). The van der Waals surface area contributed by atoms with Gasteiger partial charge >= 0.3 is 0 Å². The van der Waals surface area contributed by atoms with E-state index in [1.54, 1.807) is 14.1 Å². The fraction of sp³-hybridized carbons (Fsp3) is 0.847. The zero-order chi connectivity index (χ0) is 108. The summed E-state index contributed by atoms with van der Waals surface area (Å²) in [4.78, 5) is 202. The normalized spacial score (nSPS) is 14.5. The lowest BCUT2D eigenvalue weighted by Gasteiger charge is -2.25. The van der Waals surface area contributed by atoms with Crippen LogP contribution in [0.3, 0.4) is 0 Å². The van der Waals surface area contributed by atoms with Crippen LogP contribution in [-0.2, 0) is 71.9 Å². The highest BCUT2D eigenvalue weighted by atomic mass is 16.2. The molecule has 0 heterocycles. The Kier molecular flexibility index (Phi) is 85.1. The lowest BCUT2D eigenvalue weighted by Crippen LogP contribution is -2.55. The van der Waals surface area contributed by atoms with Crippen molar-refractivity contribution in [3.63, 3.8) is 0 Å². The van der Waals surface area contributed by atoms with E-state index in [2.05, 4.69) is 90.4 Å². The van der Waals surface area contributed by atoms with E-state index < -0.39 is 138 Å². The molecule has 47 nitrogen and oxygen atoms in total. The molecule has 15 amide bonds. The smallest absolute Gasteiger partial charge is 0.243 e. The Bertz CT molecular complexity index is 3500. The number of nitrogens with two attached hydrogens (primary N) is 15. The minimum Gasteiger partial charge on any atom is -0.355 e. The third-order valence-corrected chi connectivity index (χ3v) is 25.4. The second-order valence-electron chi connectivity index (χ2n) is 38.1. The van der Waals surface area contributed by atoms with Gasteiger partial charge in [-0.25, -0.2) is 0 Å². The SMILES string of the molecule is CNC(CCCCNC(=O)C(CCCCNC(=O)C(N)CCCCNC(=O)C(N)CCCCN)NC(=O)C(CCCCNC(=O)C(N)CCCCN)NC(=O)C(N)CCCCN)C(=O)NCCCCCCNC(=O)C(CCCCNC(=O)C(CCCCNC(=O)C(CCCCNC(=O)C(N)CCCCN)NC(=O)C(N)CCCCN)NC(=O)C(CCCCNC(=O)C(N)CCCCN)NC(=O)C(N)CCCCN)NC. The van der Waals surface area contributed by atoms with Gasteiger partial charge in [-0.3, -0.25) is 71.9 Å². The van der Waals surface area contributed by atoms with Crippen LogP contribution < -0.4 is 176 Å². The van der Waals surface area contributed by atoms with Gasteiger partial charge in [-0.1, -0.05) is 57.8 Å². The Morgan fingerprint density at radius 3 is 0.441 bits per heavy atom. The van der Waals surface area contributed by atoms with Crippen molar-refractivity contribution >= 4 is 88.6 Å². The van der Waals surface area contributed by atoms with Crippen molar-refractivity contribution < 1.29 is 71.9 Å². The van der Waals surface area contributed by atoms with E-state index in [0.717, 1.165) is 51.4 Å². The van der Waals surface area contributed by atoms with E-state index in [9.17, 15) is 71.9 Å². The molecule has 0 saturated heterocycles. The van der Waals surface area contributed by atoms with Gasteiger partial charge in [0.2, 0.25) is 88.6 Å². The monoisotopic (exact) mass is 2070 g/mol. The average molecular weight is 2070 g/mol. The third kappa shape index (κ3) is 70.1. The first-order valence-electron chi connectivity index (χ1n) is 54.3. The molecule has 0 aromatic heterocycles. The summed E-state index contributed by atoms with van der Waals surface area (Å²) >= 11 is 0. The molecule has 15 atom stereocenters. The highest BCUT2D eigenvalue weighted by Gasteiger charge is 2.33. The maximum Gasteiger partial charge on any atom is 0.243 e. The van der Waals surface area contributed by atoms with Gasteiger partial charge in [-0.15, -0.1) is 0 Å². The molecule has 842 valence electrons. The second kappa shape index (κ2) is 90.5. The van der Waals surface area contributed by atoms with Crippen LogP contribution in [0.2, 0.25) is 0 Å². The Hall–Kier alpha value is -8.63. The highest BCUT2D eigenvalue weighted by Crippen LogP contribution is 2.15. The molecule has 0 spiro atoms. The summed E-state index contributed by atoms with van der Waals surface area (Å²) in [6.45, 7) is 6.05. The van der Waals surface area contributed by atoms with Crippen molar-refractivity contribution in [3.8, 4) is 0 Å². The van der Waals surface area contributed by atoms with Crippen LogP contribution in [0.15, 0.2) is 0 Å². The Labute approximate surface area is 863 Å². The lowest BCUT2D eigenvalue weighted by atomic mass is 10.0. The molecule has 0 saturated carbocycles. The first-order valence-corrected chi connectivity index (χ1v) is 54.3. The molecule has 0 fully saturated rings. The number of carbonyl (C=O) groups is 15. The van der Waals surface area contributed by atoms with Gasteiger partial charge in [0, 0.05) is 65.4 Å². The van der Waals surface area contributed by atoms with Gasteiger partial charge in [0.15, 0.2) is 0 Å². The van der Waals surface area contributed by atoms with Gasteiger partial charge in [0.05, 0.1) is 60.4 Å². The summed E-state index contributed by atoms with van der Waals surface area (Å²) in [7, 11) is 3.38. The molecule has 0 aromatic carbocycles. The van der Waals surface area contributed by atoms with Crippen LogP contribution in [-0.4, -0.2) is 305 Å². The quantitative estimate of drug-likeness (QED) is 0.0254. The van der Waals surface area contributed by atoms with Gasteiger partial charge in [0.25, 0.3) is 0 Å². The van der Waals surface area contributed by atoms with E-state index in [1.165, 1.54) is 0 Å². The minimum atomic E-state index is -1.13. The highest BCUT2D eigenvalue weighted by molar-refractivity contribution is 5.95. The molecule has 0 aromatic rings. The molecule has 145 heavy (non-hydrogen) atoms. The van der Waals surface area contributed by atoms with Crippen LogP contribution in [0.5, 0.6) is 0 Å². The molecule has 0 aliphatic heterocycles. The number of unbranched alkanes of at least 4 members (excludes halogenated alkanes) is 18. The number of likely N-dealkylation sites (N-methyl/N-ethyl adjacent to an activating group) is 2. The maximum absolute atomic E-state index is 14.5. The van der Waals surface area contributed by atoms with Gasteiger partial charge in [-0.05, 0) is 317 Å². The average Bonchev–Trinajstić information content (AvgIpc) is 0.871. The largest absolute Gasteiger partial charge is 0.355 e. The molecule has 0 rings (SSSR count). The first kappa shape index (κ1) is 136. The van der Waals surface area contributed by atoms with Crippen molar-refractivity contribution in [2.24, 2.45) is 86.0 Å². The summed E-state index contributed by atoms with van der Waals surface area (Å²) in [5.41, 5.74) is 88.8. The van der Waals surface area contributed by atoms with Crippen molar-refractivity contribution in [2.45, 2.75) is 405 Å². The number of amides is 15. The number of hydrogen-bond acceptors (Lipinski definition) is 32. The van der Waals surface area contributed by atoms with E-state index in [1.807, 2.05) is 0 Å². The minimum absolute atomic E-state index is 0.104. The van der Waals surface area contributed by atoms with Gasteiger partial charge < -0.3 is 176 Å². The molecule has 0 aliphatic rings. The predicted molar refractivity (Wildman–Crippen MR) is 569 cm³/mol. The summed E-state index contributed by atoms with van der Waals surface area (Å²) < 4.78 is 0. The zero-order valence-electron chi connectivity index (χ0n) is 88.1. The number of rotatable bonds is 97. The Morgan fingerprint density at radius 2 is 0.269 bits per heavy atom. The van der Waals surface area contributed by atoms with Crippen molar-refractivity contribution in [1.82, 2.24) is 90.4 Å². The fourth-order valence-corrected chi connectivity index (χ4v) is 15.9. The first-order chi connectivity index (χ1) is 69.7. The topological polar surface area (TPSA) is 851 Å². The third-order valence-electron chi connectivity index (χ3n) is 25.4. The number of hydrogen-bond donors (Lipinski definition) is 32. The van der Waals surface area contributed by atoms with E-state index in [0.29, 0.717) is 303 Å². The van der Waals surface area contributed by atoms with Crippen molar-refractivity contribution in [2.75, 3.05) is 125 Å². The van der Waals surface area contributed by atoms with Crippen LogP contribution in [0.1, 0.15) is 315 Å². The maximum atomic E-state index is 14.5. The van der Waals surface area contributed by atoms with Crippen molar-refractivity contribution in [3.05, 3.63) is 0 Å². The summed E-state index contributed by atoms with van der Waals surface area (Å²) in [5, 5.41) is 49.4. The van der Waals surface area contributed by atoms with Gasteiger partial charge in [0.1, 0.15) is 30.2 Å². The number of nitrogens with one attached hydrogen (secondary N) is 17. The van der Waals surface area contributed by atoms with E-state index in [4.69, 9.17) is 86.0 Å². The molecular weight excluding hydrogens is 1870 g/mol. The summed E-state index contributed by atoms with van der Waals surface area (Å²) in [5.74, 6) is -6.20. The Balaban J connectivity index is 6.12. The fourth-order valence-electron chi connectivity index (χ4n) is 15.9. The van der Waals surface area contributed by atoms with Gasteiger partial charge in [-0.2, -0.15) is 0 Å². The predicted octanol–water partition coefficient (Wildman–Crippen LogP) is -4.81. The van der Waals surface area contributed by atoms with Crippen molar-refractivity contribution in [1.29, 1.82) is 0 Å². The molecule has 47 heteroatoms. The molecule has 0 bridgehead atoms. The molecule has 15 unspecified atom stereocenters. The van der Waals surface area contributed by atoms with Crippen LogP contribution in [0.4, 0.5) is 0 Å². The second-order valence-corrected chi connectivity index (χ2v) is 38.1. The zero-order valence-corrected chi connectivity index (χ0v) is 88.1. The molecule has 0 radical (unpaired) electrons. The lowest BCUT2D eigenvalue weighted by molar-refractivity contribution is -0.132. The van der Waals surface area contributed by atoms with Crippen LogP contribution >= 0.6 is 0 Å². The van der Waals surface area contributed by atoms with Crippen LogP contribution in [0.25, 0.3) is 0 Å². The Morgan fingerprint density at radius 1 is 0.145 bits per heavy atom. The molecule has 47 N–H and O–H groups in total. The molecule has 0 aliphatic carbocycles. The summed E-state index contributed by atoms with van der Waals surface area (Å²) in [6.07, 6.45) is 24.8. The summed E-state index contributed by atoms with van der Waals surface area (Å²) in [6, 6.07) is -12.7. The number of carbonyl (C=O) groups excluding carboxylic acids is 15. The van der Waals surface area contributed by atoms with E-state index in [-0.39, 0.29) is 113 Å². The van der Waals surface area contributed by atoms with Crippen LogP contribution in [0, 0.1) is 0 Å².